The summed E-state index contributed by atoms with van der Waals surface area (Å²) in [6.07, 6.45) is 2.51. The van der Waals surface area contributed by atoms with Gasteiger partial charge in [-0.15, -0.1) is 12.4 Å². The first-order valence-electron chi connectivity index (χ1n) is 3.88. The van der Waals surface area contributed by atoms with Gasteiger partial charge in [-0.2, -0.15) is 0 Å². The number of carbonyl (C=O) groups is 1. The van der Waals surface area contributed by atoms with E-state index in [1.54, 1.807) is 0 Å². The minimum Gasteiger partial charge on any atom is -0.503 e. The molecule has 6 nitrogen and oxygen atoms in total. The monoisotopic (exact) mass is 290 g/mol. The van der Waals surface area contributed by atoms with E-state index in [9.17, 15) is 9.59 Å². The number of hydrogen-bond donors (Lipinski definition) is 3. The van der Waals surface area contributed by atoms with Gasteiger partial charge in [0.2, 0.25) is 5.43 Å². The summed E-state index contributed by atoms with van der Waals surface area (Å²) >= 11 is 0. The standard InChI is InChI=1S/C8H10N2O4.ClH.Fe/c9-5(8(13)14)3-10-2-1-6(11)7(12)4-10;;/h1-2,4-5,12H,3,9H2,(H,13,14);1H;. The molecule has 8 heteroatoms. The Kier molecular flexibility index (Phi) is 7.93. The number of nitrogens with zero attached hydrogens (tertiary/aromatic N) is 1. The van der Waals surface area contributed by atoms with E-state index in [4.69, 9.17) is 15.9 Å². The first kappa shape index (κ1) is 17.4. The van der Waals surface area contributed by atoms with Crippen molar-refractivity contribution < 1.29 is 32.1 Å². The summed E-state index contributed by atoms with van der Waals surface area (Å²) < 4.78 is 1.34. The molecule has 4 N–H and O–H groups in total. The smallest absolute Gasteiger partial charge is 0.322 e. The SMILES string of the molecule is Cl.NC(Cn1ccc(=O)c(O)c1)C(=O)O.[Fe]. The summed E-state index contributed by atoms with van der Waals surface area (Å²) in [4.78, 5) is 21.2. The van der Waals surface area contributed by atoms with Gasteiger partial charge in [-0.05, 0) is 0 Å². The number of rotatable bonds is 3. The van der Waals surface area contributed by atoms with E-state index in [0.717, 1.165) is 12.3 Å². The fourth-order valence-corrected chi connectivity index (χ4v) is 0.931. The summed E-state index contributed by atoms with van der Waals surface area (Å²) in [6, 6.07) is 0.0843. The molecule has 0 saturated carbocycles. The zero-order chi connectivity index (χ0) is 10.7. The Hall–Kier alpha value is -1.01. The van der Waals surface area contributed by atoms with Crippen molar-refractivity contribution in [2.24, 2.45) is 5.73 Å². The summed E-state index contributed by atoms with van der Waals surface area (Å²) in [5.74, 6) is -1.56. The first-order valence-corrected chi connectivity index (χ1v) is 3.88. The maximum atomic E-state index is 10.8. The number of pyridine rings is 1. The molecule has 1 heterocycles. The van der Waals surface area contributed by atoms with Gasteiger partial charge in [0.25, 0.3) is 0 Å². The molecular weight excluding hydrogens is 279 g/mol. The van der Waals surface area contributed by atoms with Gasteiger partial charge in [0.05, 0.1) is 0 Å². The fourth-order valence-electron chi connectivity index (χ4n) is 0.931. The molecule has 0 saturated heterocycles. The van der Waals surface area contributed by atoms with Gasteiger partial charge in [0.15, 0.2) is 5.75 Å². The van der Waals surface area contributed by atoms with Crippen LogP contribution in [0.15, 0.2) is 23.3 Å². The van der Waals surface area contributed by atoms with Crippen LogP contribution in [0.4, 0.5) is 0 Å². The van der Waals surface area contributed by atoms with Gasteiger partial charge in [-0.3, -0.25) is 9.59 Å². The number of aromatic hydroxyl groups is 1. The van der Waals surface area contributed by atoms with Crippen LogP contribution in [0.25, 0.3) is 0 Å². The predicted octanol–water partition coefficient (Wildman–Crippen LogP) is -0.615. The second-order valence-corrected chi connectivity index (χ2v) is 2.84. The molecule has 0 amide bonds. The zero-order valence-corrected chi connectivity index (χ0v) is 9.93. The van der Waals surface area contributed by atoms with E-state index in [1.807, 2.05) is 0 Å². The van der Waals surface area contributed by atoms with E-state index < -0.39 is 23.2 Å². The number of nitrogens with two attached hydrogens (primary N) is 1. The predicted molar refractivity (Wildman–Crippen MR) is 55.2 cm³/mol. The molecule has 0 aliphatic carbocycles. The van der Waals surface area contributed by atoms with Crippen LogP contribution in [0.1, 0.15) is 0 Å². The molecule has 0 radical (unpaired) electrons. The van der Waals surface area contributed by atoms with Gasteiger partial charge < -0.3 is 20.5 Å². The molecule has 16 heavy (non-hydrogen) atoms. The van der Waals surface area contributed by atoms with Gasteiger partial charge in [0.1, 0.15) is 6.04 Å². The molecule has 0 fully saturated rings. The normalized spacial score (nSPS) is 10.8. The molecule has 1 atom stereocenters. The van der Waals surface area contributed by atoms with Crippen molar-refractivity contribution in [3.05, 3.63) is 28.7 Å². The Bertz CT molecular complexity index is 409. The molecule has 92 valence electrons. The first-order chi connectivity index (χ1) is 6.50. The maximum absolute atomic E-state index is 10.8. The van der Waals surface area contributed by atoms with E-state index in [-0.39, 0.29) is 36.0 Å². The van der Waals surface area contributed by atoms with Crippen molar-refractivity contribution >= 4 is 18.4 Å². The fraction of sp³-hybridized carbons (Fsp3) is 0.250. The van der Waals surface area contributed by atoms with Gasteiger partial charge in [0, 0.05) is 42.1 Å². The van der Waals surface area contributed by atoms with Crippen LogP contribution in [0.5, 0.6) is 5.75 Å². The molecule has 1 unspecified atom stereocenters. The number of aromatic nitrogens is 1. The Balaban J connectivity index is 0. The molecular formula is C8H11ClFeN2O4. The molecule has 0 spiro atoms. The Labute approximate surface area is 108 Å². The summed E-state index contributed by atoms with van der Waals surface area (Å²) in [5.41, 5.74) is 4.75. The van der Waals surface area contributed by atoms with E-state index in [1.165, 1.54) is 10.8 Å². The summed E-state index contributed by atoms with van der Waals surface area (Å²) in [6.45, 7) is 0.00315. The van der Waals surface area contributed by atoms with Crippen LogP contribution in [-0.2, 0) is 28.4 Å². The van der Waals surface area contributed by atoms with Crippen molar-refractivity contribution in [2.75, 3.05) is 0 Å². The van der Waals surface area contributed by atoms with Gasteiger partial charge >= 0.3 is 5.97 Å². The molecule has 0 bridgehead atoms. The Morgan fingerprint density at radius 2 is 2.12 bits per heavy atom. The van der Waals surface area contributed by atoms with Crippen molar-refractivity contribution in [3.8, 4) is 5.75 Å². The molecule has 0 aliphatic heterocycles. The summed E-state index contributed by atoms with van der Waals surface area (Å²) in [7, 11) is 0. The van der Waals surface area contributed by atoms with Crippen molar-refractivity contribution in [2.45, 2.75) is 12.6 Å². The molecule has 1 aromatic rings. The molecule has 1 aromatic heterocycles. The second kappa shape index (κ2) is 7.29. The van der Waals surface area contributed by atoms with Crippen LogP contribution in [-0.4, -0.2) is 26.8 Å². The quantitative estimate of drug-likeness (QED) is 0.644. The average molecular weight is 290 g/mol. The number of halogens is 1. The molecule has 1 rings (SSSR count). The van der Waals surface area contributed by atoms with Crippen LogP contribution in [0.3, 0.4) is 0 Å². The number of carboxylic acid groups (broad SMARTS) is 1. The average Bonchev–Trinajstić information content (AvgIpc) is 2.11. The van der Waals surface area contributed by atoms with E-state index >= 15 is 0 Å². The number of aliphatic carboxylic acids is 1. The Morgan fingerprint density at radius 1 is 1.56 bits per heavy atom. The van der Waals surface area contributed by atoms with E-state index in [0.29, 0.717) is 0 Å². The van der Waals surface area contributed by atoms with Gasteiger partial charge in [-0.25, -0.2) is 0 Å². The topological polar surface area (TPSA) is 106 Å². The number of carboxylic acids is 1. The van der Waals surface area contributed by atoms with Crippen molar-refractivity contribution in [1.82, 2.24) is 4.57 Å². The van der Waals surface area contributed by atoms with Crippen LogP contribution in [0.2, 0.25) is 0 Å². The van der Waals surface area contributed by atoms with E-state index in [2.05, 4.69) is 0 Å². The minimum absolute atomic E-state index is 0. The third kappa shape index (κ3) is 4.67. The third-order valence-electron chi connectivity index (χ3n) is 1.68. The van der Waals surface area contributed by atoms with Crippen LogP contribution < -0.4 is 11.2 Å². The largest absolute Gasteiger partial charge is 0.503 e. The Morgan fingerprint density at radius 3 is 2.56 bits per heavy atom. The zero-order valence-electron chi connectivity index (χ0n) is 8.01. The number of hydrogen-bond acceptors (Lipinski definition) is 4. The third-order valence-corrected chi connectivity index (χ3v) is 1.68. The minimum atomic E-state index is -1.14. The molecule has 0 aromatic carbocycles. The molecule has 0 aliphatic rings. The van der Waals surface area contributed by atoms with Crippen molar-refractivity contribution in [1.29, 1.82) is 0 Å². The van der Waals surface area contributed by atoms with Crippen LogP contribution in [0, 0.1) is 0 Å². The summed E-state index contributed by atoms with van der Waals surface area (Å²) in [5, 5.41) is 17.5. The second-order valence-electron chi connectivity index (χ2n) is 2.84. The van der Waals surface area contributed by atoms with Crippen LogP contribution >= 0.6 is 12.4 Å². The van der Waals surface area contributed by atoms with Gasteiger partial charge in [-0.1, -0.05) is 0 Å². The maximum Gasteiger partial charge on any atom is 0.322 e. The van der Waals surface area contributed by atoms with Crippen molar-refractivity contribution in [3.63, 3.8) is 0 Å².